The number of hydrogen-bond acceptors (Lipinski definition) is 1. The van der Waals surface area contributed by atoms with Crippen LogP contribution in [0.2, 0.25) is 0 Å². The fraction of sp³-hybridized carbons (Fsp3) is 0.235. The predicted molar refractivity (Wildman–Crippen MR) is 73.1 cm³/mol. The van der Waals surface area contributed by atoms with Crippen molar-refractivity contribution in [1.29, 1.82) is 0 Å². The molecular formula is C17H16O. The molecule has 3 rings (SSSR count). The molecule has 1 aliphatic rings. The van der Waals surface area contributed by atoms with E-state index < -0.39 is 0 Å². The van der Waals surface area contributed by atoms with Gasteiger partial charge in [-0.2, -0.15) is 0 Å². The molecule has 0 radical (unpaired) electrons. The highest BCUT2D eigenvalue weighted by molar-refractivity contribution is 5.96. The van der Waals surface area contributed by atoms with E-state index in [1.54, 1.807) is 6.92 Å². The Kier molecular flexibility index (Phi) is 2.75. The average molecular weight is 236 g/mol. The lowest BCUT2D eigenvalue weighted by Crippen LogP contribution is -2.04. The summed E-state index contributed by atoms with van der Waals surface area (Å²) in [5.41, 5.74) is 4.83. The second kappa shape index (κ2) is 4.41. The summed E-state index contributed by atoms with van der Waals surface area (Å²) in [4.78, 5) is 11.8. The largest absolute Gasteiger partial charge is 0.295 e. The molecule has 0 bridgehead atoms. The summed E-state index contributed by atoms with van der Waals surface area (Å²) >= 11 is 0. The second-order valence-corrected chi connectivity index (χ2v) is 4.94. The lowest BCUT2D eigenvalue weighted by molar-refractivity contribution is 0.101. The number of rotatable bonds is 2. The number of carbonyl (C=O) groups excluding carboxylic acids is 1. The first kappa shape index (κ1) is 11.2. The summed E-state index contributed by atoms with van der Waals surface area (Å²) in [5, 5.41) is 0. The van der Waals surface area contributed by atoms with Crippen LogP contribution in [-0.2, 0) is 6.42 Å². The zero-order chi connectivity index (χ0) is 12.5. The Hall–Kier alpha value is -1.89. The van der Waals surface area contributed by atoms with E-state index in [2.05, 4.69) is 30.3 Å². The quantitative estimate of drug-likeness (QED) is 0.721. The van der Waals surface area contributed by atoms with Gasteiger partial charge in [0.2, 0.25) is 0 Å². The molecule has 1 aliphatic carbocycles. The van der Waals surface area contributed by atoms with Crippen LogP contribution in [0.15, 0.2) is 48.5 Å². The number of benzene rings is 2. The molecule has 0 saturated heterocycles. The zero-order valence-corrected chi connectivity index (χ0v) is 10.5. The van der Waals surface area contributed by atoms with Gasteiger partial charge in [0, 0.05) is 11.5 Å². The third kappa shape index (κ3) is 1.76. The van der Waals surface area contributed by atoms with Crippen molar-refractivity contribution in [2.24, 2.45) is 0 Å². The molecule has 0 saturated carbocycles. The number of hydrogen-bond donors (Lipinski definition) is 0. The van der Waals surface area contributed by atoms with E-state index in [1.165, 1.54) is 16.7 Å². The third-order valence-electron chi connectivity index (χ3n) is 3.83. The van der Waals surface area contributed by atoms with Gasteiger partial charge in [-0.05, 0) is 36.5 Å². The minimum Gasteiger partial charge on any atom is -0.295 e. The van der Waals surface area contributed by atoms with Gasteiger partial charge in [-0.3, -0.25) is 4.79 Å². The van der Waals surface area contributed by atoms with E-state index >= 15 is 0 Å². The maximum atomic E-state index is 11.8. The first-order chi connectivity index (χ1) is 8.77. The standard InChI is InChI=1S/C17H16O/c1-12(18)15-9-5-8-14-10-11-16(17(14)15)13-6-3-2-4-7-13/h2-9,16H,10-11H2,1H3. The van der Waals surface area contributed by atoms with Crippen molar-refractivity contribution in [1.82, 2.24) is 0 Å². The molecule has 1 nitrogen and oxygen atoms in total. The Morgan fingerprint density at radius 2 is 1.83 bits per heavy atom. The minimum atomic E-state index is 0.176. The Morgan fingerprint density at radius 1 is 1.06 bits per heavy atom. The molecule has 0 aromatic heterocycles. The van der Waals surface area contributed by atoms with Crippen LogP contribution < -0.4 is 0 Å². The van der Waals surface area contributed by atoms with Crippen molar-refractivity contribution in [3.05, 3.63) is 70.8 Å². The molecule has 1 heteroatoms. The number of carbonyl (C=O) groups is 1. The molecule has 2 aromatic rings. The molecule has 0 heterocycles. The Bertz CT molecular complexity index is 584. The van der Waals surface area contributed by atoms with Crippen LogP contribution in [0, 0.1) is 0 Å². The van der Waals surface area contributed by atoms with Crippen molar-refractivity contribution in [2.45, 2.75) is 25.7 Å². The van der Waals surface area contributed by atoms with Crippen molar-refractivity contribution in [2.75, 3.05) is 0 Å². The lowest BCUT2D eigenvalue weighted by Gasteiger charge is -2.15. The fourth-order valence-corrected chi connectivity index (χ4v) is 3.01. The van der Waals surface area contributed by atoms with E-state index in [9.17, 15) is 4.79 Å². The maximum absolute atomic E-state index is 11.8. The van der Waals surface area contributed by atoms with Crippen LogP contribution >= 0.6 is 0 Å². The van der Waals surface area contributed by atoms with Crippen molar-refractivity contribution in [3.8, 4) is 0 Å². The Labute approximate surface area is 107 Å². The summed E-state index contributed by atoms with van der Waals surface area (Å²) in [6.07, 6.45) is 2.19. The first-order valence-electron chi connectivity index (χ1n) is 6.45. The highest BCUT2D eigenvalue weighted by atomic mass is 16.1. The van der Waals surface area contributed by atoms with E-state index in [4.69, 9.17) is 0 Å². The normalized spacial score (nSPS) is 17.5. The van der Waals surface area contributed by atoms with Crippen molar-refractivity contribution in [3.63, 3.8) is 0 Å². The van der Waals surface area contributed by atoms with Gasteiger partial charge in [0.05, 0.1) is 0 Å². The number of Topliss-reactive ketones (excluding diaryl/α,β-unsaturated/α-hetero) is 1. The van der Waals surface area contributed by atoms with Crippen molar-refractivity contribution >= 4 is 5.78 Å². The van der Waals surface area contributed by atoms with Gasteiger partial charge in [-0.1, -0.05) is 48.5 Å². The first-order valence-corrected chi connectivity index (χ1v) is 6.45. The van der Waals surface area contributed by atoms with Crippen LogP contribution in [0.4, 0.5) is 0 Å². The number of ketones is 1. The number of fused-ring (bicyclic) bond motifs is 1. The topological polar surface area (TPSA) is 17.1 Å². The smallest absolute Gasteiger partial charge is 0.160 e. The van der Waals surface area contributed by atoms with Crippen LogP contribution in [0.1, 0.15) is 46.3 Å². The molecule has 0 N–H and O–H groups in total. The van der Waals surface area contributed by atoms with Crippen LogP contribution in [0.25, 0.3) is 0 Å². The molecule has 0 amide bonds. The molecule has 0 fully saturated rings. The van der Waals surface area contributed by atoms with Gasteiger partial charge in [-0.25, -0.2) is 0 Å². The maximum Gasteiger partial charge on any atom is 0.160 e. The highest BCUT2D eigenvalue weighted by Gasteiger charge is 2.27. The summed E-state index contributed by atoms with van der Waals surface area (Å²) in [6, 6.07) is 16.6. The van der Waals surface area contributed by atoms with Gasteiger partial charge in [-0.15, -0.1) is 0 Å². The summed E-state index contributed by atoms with van der Waals surface area (Å²) in [6.45, 7) is 1.66. The SMILES string of the molecule is CC(=O)c1cccc2c1C(c1ccccc1)CC2. The molecule has 1 unspecified atom stereocenters. The van der Waals surface area contributed by atoms with Gasteiger partial charge in [0.25, 0.3) is 0 Å². The number of aryl methyl sites for hydroxylation is 1. The molecule has 1 atom stereocenters. The van der Waals surface area contributed by atoms with Gasteiger partial charge in [0.1, 0.15) is 0 Å². The van der Waals surface area contributed by atoms with Gasteiger partial charge in [0.15, 0.2) is 5.78 Å². The molecule has 0 aliphatic heterocycles. The second-order valence-electron chi connectivity index (χ2n) is 4.94. The molecule has 90 valence electrons. The summed E-state index contributed by atoms with van der Waals surface area (Å²) < 4.78 is 0. The molecular weight excluding hydrogens is 220 g/mol. The summed E-state index contributed by atoms with van der Waals surface area (Å²) in [5.74, 6) is 0.566. The van der Waals surface area contributed by atoms with E-state index in [0.29, 0.717) is 5.92 Å². The van der Waals surface area contributed by atoms with Gasteiger partial charge < -0.3 is 0 Å². The van der Waals surface area contributed by atoms with Gasteiger partial charge >= 0.3 is 0 Å². The highest BCUT2D eigenvalue weighted by Crippen LogP contribution is 2.40. The average Bonchev–Trinajstić information content (AvgIpc) is 2.83. The lowest BCUT2D eigenvalue weighted by atomic mass is 9.88. The van der Waals surface area contributed by atoms with Crippen molar-refractivity contribution < 1.29 is 4.79 Å². The Balaban J connectivity index is 2.14. The van der Waals surface area contributed by atoms with Crippen LogP contribution in [-0.4, -0.2) is 5.78 Å². The zero-order valence-electron chi connectivity index (χ0n) is 10.5. The molecule has 2 aromatic carbocycles. The predicted octanol–water partition coefficient (Wildman–Crippen LogP) is 3.97. The minimum absolute atomic E-state index is 0.176. The van der Waals surface area contributed by atoms with Crippen LogP contribution in [0.3, 0.4) is 0 Å². The fourth-order valence-electron chi connectivity index (χ4n) is 3.01. The summed E-state index contributed by atoms with van der Waals surface area (Å²) in [7, 11) is 0. The Morgan fingerprint density at radius 3 is 2.56 bits per heavy atom. The monoisotopic (exact) mass is 236 g/mol. The third-order valence-corrected chi connectivity index (χ3v) is 3.83. The molecule has 0 spiro atoms. The van der Waals surface area contributed by atoms with E-state index in [0.717, 1.165) is 18.4 Å². The van der Waals surface area contributed by atoms with E-state index in [-0.39, 0.29) is 5.78 Å². The van der Waals surface area contributed by atoms with E-state index in [1.807, 2.05) is 18.2 Å². The van der Waals surface area contributed by atoms with Crippen LogP contribution in [0.5, 0.6) is 0 Å². The molecule has 18 heavy (non-hydrogen) atoms.